The number of hydrogen-bond donors (Lipinski definition) is 2. The van der Waals surface area contributed by atoms with Crippen LogP contribution in [0.15, 0.2) is 60.7 Å². The first-order valence-corrected chi connectivity index (χ1v) is 9.84. The fourth-order valence-corrected chi connectivity index (χ4v) is 6.47. The van der Waals surface area contributed by atoms with Gasteiger partial charge in [-0.15, -0.1) is 0 Å². The molecule has 3 aliphatic rings. The van der Waals surface area contributed by atoms with Crippen LogP contribution < -0.4 is 0 Å². The molecular formula is C24H26O4. The molecule has 3 fully saturated rings. The zero-order valence-corrected chi connectivity index (χ0v) is 16.2. The highest BCUT2D eigenvalue weighted by Gasteiger charge is 2.68. The van der Waals surface area contributed by atoms with Gasteiger partial charge >= 0.3 is 11.9 Å². The lowest BCUT2D eigenvalue weighted by Crippen LogP contribution is -2.64. The summed E-state index contributed by atoms with van der Waals surface area (Å²) in [6.45, 7) is 4.22. The first kappa shape index (κ1) is 18.7. The van der Waals surface area contributed by atoms with E-state index in [9.17, 15) is 19.8 Å². The van der Waals surface area contributed by atoms with E-state index in [4.69, 9.17) is 0 Å². The number of benzene rings is 2. The quantitative estimate of drug-likeness (QED) is 0.818. The minimum absolute atomic E-state index is 0.0156. The second-order valence-electron chi connectivity index (χ2n) is 9.11. The topological polar surface area (TPSA) is 74.6 Å². The summed E-state index contributed by atoms with van der Waals surface area (Å²) in [5, 5.41) is 20.3. The Bertz CT molecular complexity index is 889. The second-order valence-corrected chi connectivity index (χ2v) is 9.11. The molecule has 0 spiro atoms. The SMILES string of the molecule is CC1(C)C[C@@]2(c3ccccc3)C[C@@H](c3ccccc3)[C@@H]1[C@H](C(=O)O)[C@@H]2C(=O)O. The Morgan fingerprint density at radius 2 is 1.46 bits per heavy atom. The molecule has 2 bridgehead atoms. The van der Waals surface area contributed by atoms with Gasteiger partial charge in [0.1, 0.15) is 0 Å². The zero-order valence-electron chi connectivity index (χ0n) is 16.2. The average molecular weight is 378 g/mol. The van der Waals surface area contributed by atoms with Gasteiger partial charge in [0.25, 0.3) is 0 Å². The molecule has 0 aromatic heterocycles. The number of carboxylic acids is 2. The molecule has 4 heteroatoms. The predicted molar refractivity (Wildman–Crippen MR) is 106 cm³/mol. The Kier molecular flexibility index (Phi) is 4.33. The number of carboxylic acid groups (broad SMARTS) is 2. The highest BCUT2D eigenvalue weighted by molar-refractivity contribution is 5.83. The molecular weight excluding hydrogens is 352 g/mol. The number of carbonyl (C=O) groups is 2. The molecule has 2 N–H and O–H groups in total. The molecule has 0 radical (unpaired) electrons. The van der Waals surface area contributed by atoms with E-state index in [0.29, 0.717) is 12.8 Å². The largest absolute Gasteiger partial charge is 0.481 e. The lowest BCUT2D eigenvalue weighted by molar-refractivity contribution is -0.182. The number of fused-ring (bicyclic) bond motifs is 3. The Morgan fingerprint density at radius 1 is 0.893 bits per heavy atom. The van der Waals surface area contributed by atoms with Gasteiger partial charge in [-0.05, 0) is 41.2 Å². The Morgan fingerprint density at radius 3 is 2.00 bits per heavy atom. The molecule has 2 aromatic carbocycles. The van der Waals surface area contributed by atoms with Gasteiger partial charge in [-0.25, -0.2) is 0 Å². The number of rotatable bonds is 4. The van der Waals surface area contributed by atoms with Crippen molar-refractivity contribution in [3.63, 3.8) is 0 Å². The van der Waals surface area contributed by atoms with Crippen molar-refractivity contribution in [1.29, 1.82) is 0 Å². The van der Waals surface area contributed by atoms with Gasteiger partial charge in [0, 0.05) is 5.41 Å². The van der Waals surface area contributed by atoms with Crippen LogP contribution in [0.3, 0.4) is 0 Å². The molecule has 3 aliphatic carbocycles. The van der Waals surface area contributed by atoms with Gasteiger partial charge in [-0.1, -0.05) is 74.5 Å². The normalized spacial score (nSPS) is 33.4. The van der Waals surface area contributed by atoms with E-state index >= 15 is 0 Å². The fourth-order valence-electron chi connectivity index (χ4n) is 6.47. The Hall–Kier alpha value is -2.62. The number of aliphatic carboxylic acids is 2. The molecule has 4 nitrogen and oxygen atoms in total. The van der Waals surface area contributed by atoms with Gasteiger partial charge in [0.2, 0.25) is 0 Å². The molecule has 0 aliphatic heterocycles. The van der Waals surface area contributed by atoms with Crippen LogP contribution in [-0.4, -0.2) is 22.2 Å². The first-order chi connectivity index (χ1) is 13.3. The van der Waals surface area contributed by atoms with E-state index in [2.05, 4.69) is 26.0 Å². The van der Waals surface area contributed by atoms with Gasteiger partial charge in [-0.2, -0.15) is 0 Å². The third-order valence-corrected chi connectivity index (χ3v) is 7.16. The first-order valence-electron chi connectivity index (χ1n) is 9.84. The van der Waals surface area contributed by atoms with Gasteiger partial charge in [0.05, 0.1) is 11.8 Å². The summed E-state index contributed by atoms with van der Waals surface area (Å²) in [6, 6.07) is 19.7. The lowest BCUT2D eigenvalue weighted by Gasteiger charge is -2.64. The smallest absolute Gasteiger partial charge is 0.308 e. The number of hydrogen-bond acceptors (Lipinski definition) is 2. The van der Waals surface area contributed by atoms with Gasteiger partial charge in [-0.3, -0.25) is 9.59 Å². The molecule has 0 unspecified atom stereocenters. The molecule has 0 saturated heterocycles. The second kappa shape index (κ2) is 6.47. The monoisotopic (exact) mass is 378 g/mol. The standard InChI is InChI=1S/C24H26O4/c1-23(2)14-24(16-11-7-4-8-12-16)13-17(15-9-5-3-6-10-15)19(23)18(21(25)26)20(24)22(27)28/h3-12,17-20H,13-14H2,1-2H3,(H,25,26)(H,27,28)/t17-,18-,19+,20+,24+/m0/s1. The van der Waals surface area contributed by atoms with Crippen LogP contribution in [0.2, 0.25) is 0 Å². The molecule has 0 amide bonds. The predicted octanol–water partition coefficient (Wildman–Crippen LogP) is 4.56. The summed E-state index contributed by atoms with van der Waals surface area (Å²) in [6.07, 6.45) is 1.34. The molecule has 3 saturated carbocycles. The van der Waals surface area contributed by atoms with Gasteiger partial charge < -0.3 is 10.2 Å². The van der Waals surface area contributed by atoms with Crippen molar-refractivity contribution in [2.45, 2.75) is 38.0 Å². The van der Waals surface area contributed by atoms with Crippen LogP contribution in [0, 0.1) is 23.2 Å². The summed E-state index contributed by atoms with van der Waals surface area (Å²) in [4.78, 5) is 24.9. The highest BCUT2D eigenvalue weighted by atomic mass is 16.4. The maximum Gasteiger partial charge on any atom is 0.308 e. The van der Waals surface area contributed by atoms with Crippen molar-refractivity contribution in [1.82, 2.24) is 0 Å². The van der Waals surface area contributed by atoms with E-state index in [-0.39, 0.29) is 17.3 Å². The minimum Gasteiger partial charge on any atom is -0.481 e. The van der Waals surface area contributed by atoms with Crippen LogP contribution >= 0.6 is 0 Å². The molecule has 28 heavy (non-hydrogen) atoms. The Labute approximate surface area is 165 Å². The van der Waals surface area contributed by atoms with Crippen LogP contribution in [0.4, 0.5) is 0 Å². The van der Waals surface area contributed by atoms with E-state index in [1.807, 2.05) is 48.5 Å². The van der Waals surface area contributed by atoms with Crippen molar-refractivity contribution >= 4 is 11.9 Å². The van der Waals surface area contributed by atoms with Crippen molar-refractivity contribution in [2.75, 3.05) is 0 Å². The lowest BCUT2D eigenvalue weighted by atomic mass is 9.38. The summed E-state index contributed by atoms with van der Waals surface area (Å²) in [5.74, 6) is -4.04. The van der Waals surface area contributed by atoms with Crippen LogP contribution in [0.5, 0.6) is 0 Å². The molecule has 2 aromatic rings. The van der Waals surface area contributed by atoms with E-state index in [0.717, 1.165) is 11.1 Å². The summed E-state index contributed by atoms with van der Waals surface area (Å²) in [5.41, 5.74) is 1.06. The van der Waals surface area contributed by atoms with E-state index < -0.39 is 29.2 Å². The van der Waals surface area contributed by atoms with Crippen molar-refractivity contribution in [3.05, 3.63) is 71.8 Å². The van der Waals surface area contributed by atoms with Crippen molar-refractivity contribution < 1.29 is 19.8 Å². The summed E-state index contributed by atoms with van der Waals surface area (Å²) in [7, 11) is 0. The van der Waals surface area contributed by atoms with Crippen molar-refractivity contribution in [2.24, 2.45) is 23.2 Å². The maximum atomic E-state index is 12.4. The average Bonchev–Trinajstić information content (AvgIpc) is 2.67. The molecule has 5 rings (SSSR count). The van der Waals surface area contributed by atoms with Gasteiger partial charge in [0.15, 0.2) is 0 Å². The molecule has 5 atom stereocenters. The van der Waals surface area contributed by atoms with Crippen molar-refractivity contribution in [3.8, 4) is 0 Å². The maximum absolute atomic E-state index is 12.4. The summed E-state index contributed by atoms with van der Waals surface area (Å²) >= 11 is 0. The molecule has 0 heterocycles. The summed E-state index contributed by atoms with van der Waals surface area (Å²) < 4.78 is 0. The van der Waals surface area contributed by atoms with Crippen LogP contribution in [-0.2, 0) is 15.0 Å². The van der Waals surface area contributed by atoms with Crippen LogP contribution in [0.1, 0.15) is 43.7 Å². The minimum atomic E-state index is -0.997. The Balaban J connectivity index is 1.98. The van der Waals surface area contributed by atoms with E-state index in [1.54, 1.807) is 0 Å². The molecule has 146 valence electrons. The highest BCUT2D eigenvalue weighted by Crippen LogP contribution is 2.68. The van der Waals surface area contributed by atoms with Crippen LogP contribution in [0.25, 0.3) is 0 Å². The zero-order chi connectivity index (χ0) is 20.1. The van der Waals surface area contributed by atoms with E-state index in [1.165, 1.54) is 0 Å². The fraction of sp³-hybridized carbons (Fsp3) is 0.417. The third kappa shape index (κ3) is 2.66. The third-order valence-electron chi connectivity index (χ3n) is 7.16.